The first-order valence-corrected chi connectivity index (χ1v) is 11.7. The summed E-state index contributed by atoms with van der Waals surface area (Å²) in [5, 5.41) is 12.4. The van der Waals surface area contributed by atoms with Crippen LogP contribution in [0.5, 0.6) is 0 Å². The molecule has 1 aromatic rings. The van der Waals surface area contributed by atoms with E-state index in [2.05, 4.69) is 12.2 Å². The van der Waals surface area contributed by atoms with Crippen LogP contribution in [0.2, 0.25) is 0 Å². The molecule has 2 atom stereocenters. The van der Waals surface area contributed by atoms with Gasteiger partial charge in [0, 0.05) is 11.3 Å². The standard InChI is InChI=1S/C24H33ClFNO3/c1-2-18(25)8-5-9-19(17-6-3-4-7-17)22(28)27-21-14-16(10-11-20(21)26)15-24(12-13-24)23(29)30/h10-11,14,17-19H,2-9,12-13,15H2,1H3,(H,27,28)(H,29,30)/t18?,19-/m0/s1. The third-order valence-electron chi connectivity index (χ3n) is 6.92. The average Bonchev–Trinajstić information content (AvgIpc) is 3.30. The minimum absolute atomic E-state index is 0.125. The number of nitrogens with one attached hydrogen (secondary N) is 1. The number of carboxylic acid groups (broad SMARTS) is 1. The SMILES string of the molecule is CCC(Cl)CCC[C@H](C(=O)Nc1cc(CC2(C(=O)O)CC2)ccc1F)C1CCCC1. The molecule has 1 amide bonds. The molecular formula is C24H33ClFNO3. The number of anilines is 1. The summed E-state index contributed by atoms with van der Waals surface area (Å²) in [6.07, 6.45) is 9.47. The van der Waals surface area contributed by atoms with Crippen LogP contribution in [0.3, 0.4) is 0 Å². The Hall–Kier alpha value is -1.62. The predicted octanol–water partition coefficient (Wildman–Crippen LogP) is 6.17. The van der Waals surface area contributed by atoms with Gasteiger partial charge in [-0.05, 0) is 75.0 Å². The van der Waals surface area contributed by atoms with E-state index in [4.69, 9.17) is 11.6 Å². The van der Waals surface area contributed by atoms with E-state index in [1.54, 1.807) is 12.1 Å². The number of carboxylic acids is 1. The van der Waals surface area contributed by atoms with Crippen molar-refractivity contribution in [2.75, 3.05) is 5.32 Å². The highest BCUT2D eigenvalue weighted by atomic mass is 35.5. The molecule has 0 saturated heterocycles. The number of rotatable bonds is 11. The van der Waals surface area contributed by atoms with Crippen LogP contribution in [0.4, 0.5) is 10.1 Å². The Morgan fingerprint density at radius 2 is 1.97 bits per heavy atom. The number of alkyl halides is 1. The Kier molecular flexibility index (Phi) is 7.78. The van der Waals surface area contributed by atoms with Crippen LogP contribution in [-0.4, -0.2) is 22.4 Å². The van der Waals surface area contributed by atoms with Crippen molar-refractivity contribution in [2.45, 2.75) is 82.9 Å². The van der Waals surface area contributed by atoms with Gasteiger partial charge in [0.05, 0.1) is 11.1 Å². The van der Waals surface area contributed by atoms with Crippen molar-refractivity contribution in [3.8, 4) is 0 Å². The molecule has 0 heterocycles. The third kappa shape index (κ3) is 5.75. The molecule has 1 unspecified atom stereocenters. The van der Waals surface area contributed by atoms with Gasteiger partial charge in [-0.1, -0.05) is 32.3 Å². The summed E-state index contributed by atoms with van der Waals surface area (Å²) in [5.41, 5.74) is 0.186. The second kappa shape index (κ2) is 10.1. The van der Waals surface area contributed by atoms with E-state index < -0.39 is 17.2 Å². The number of amides is 1. The topological polar surface area (TPSA) is 66.4 Å². The molecule has 6 heteroatoms. The zero-order valence-corrected chi connectivity index (χ0v) is 18.5. The van der Waals surface area contributed by atoms with Crippen molar-refractivity contribution in [1.82, 2.24) is 0 Å². The lowest BCUT2D eigenvalue weighted by molar-refractivity contribution is -0.143. The van der Waals surface area contributed by atoms with Gasteiger partial charge in [0.25, 0.3) is 0 Å². The largest absolute Gasteiger partial charge is 0.481 e. The Morgan fingerprint density at radius 3 is 2.57 bits per heavy atom. The lowest BCUT2D eigenvalue weighted by Gasteiger charge is -2.23. The maximum Gasteiger partial charge on any atom is 0.309 e. The van der Waals surface area contributed by atoms with Gasteiger partial charge in [0.2, 0.25) is 5.91 Å². The van der Waals surface area contributed by atoms with Gasteiger partial charge in [0.15, 0.2) is 0 Å². The molecule has 0 bridgehead atoms. The summed E-state index contributed by atoms with van der Waals surface area (Å²) in [6.45, 7) is 2.06. The molecule has 166 valence electrons. The second-order valence-electron chi connectivity index (χ2n) is 9.15. The van der Waals surface area contributed by atoms with Crippen molar-refractivity contribution in [3.05, 3.63) is 29.6 Å². The zero-order chi connectivity index (χ0) is 21.7. The van der Waals surface area contributed by atoms with E-state index in [9.17, 15) is 19.1 Å². The Labute approximate surface area is 183 Å². The van der Waals surface area contributed by atoms with Gasteiger partial charge in [0.1, 0.15) is 5.82 Å². The van der Waals surface area contributed by atoms with E-state index in [0.717, 1.165) is 56.9 Å². The fraction of sp³-hybridized carbons (Fsp3) is 0.667. The van der Waals surface area contributed by atoms with Crippen LogP contribution in [0.25, 0.3) is 0 Å². The number of carbonyl (C=O) groups excluding carboxylic acids is 1. The molecule has 0 aliphatic heterocycles. The van der Waals surface area contributed by atoms with E-state index in [-0.39, 0.29) is 22.9 Å². The van der Waals surface area contributed by atoms with E-state index in [1.807, 2.05) is 0 Å². The number of hydrogen-bond donors (Lipinski definition) is 2. The number of halogens is 2. The summed E-state index contributed by atoms with van der Waals surface area (Å²) < 4.78 is 14.4. The van der Waals surface area contributed by atoms with E-state index in [1.165, 1.54) is 6.07 Å². The van der Waals surface area contributed by atoms with Crippen molar-refractivity contribution in [1.29, 1.82) is 0 Å². The number of aliphatic carboxylic acids is 1. The first kappa shape index (κ1) is 23.1. The van der Waals surface area contributed by atoms with Crippen LogP contribution >= 0.6 is 11.6 Å². The maximum absolute atomic E-state index is 14.4. The summed E-state index contributed by atoms with van der Waals surface area (Å²) in [4.78, 5) is 24.6. The van der Waals surface area contributed by atoms with Crippen LogP contribution in [0.15, 0.2) is 18.2 Å². The van der Waals surface area contributed by atoms with Gasteiger partial charge in [-0.2, -0.15) is 0 Å². The monoisotopic (exact) mass is 437 g/mol. The van der Waals surface area contributed by atoms with Crippen LogP contribution in [0.1, 0.15) is 76.7 Å². The highest BCUT2D eigenvalue weighted by Crippen LogP contribution is 2.48. The zero-order valence-electron chi connectivity index (χ0n) is 17.8. The molecule has 0 aromatic heterocycles. The normalized spacial score (nSPS) is 20.0. The third-order valence-corrected chi connectivity index (χ3v) is 7.45. The second-order valence-corrected chi connectivity index (χ2v) is 9.77. The molecule has 0 radical (unpaired) electrons. The number of carbonyl (C=O) groups is 2. The first-order valence-electron chi connectivity index (χ1n) is 11.3. The van der Waals surface area contributed by atoms with Gasteiger partial charge in [-0.25, -0.2) is 4.39 Å². The highest BCUT2D eigenvalue weighted by Gasteiger charge is 2.50. The smallest absolute Gasteiger partial charge is 0.309 e. The highest BCUT2D eigenvalue weighted by molar-refractivity contribution is 6.20. The predicted molar refractivity (Wildman–Crippen MR) is 117 cm³/mol. The minimum atomic E-state index is -0.802. The van der Waals surface area contributed by atoms with Gasteiger partial charge >= 0.3 is 5.97 Å². The lowest BCUT2D eigenvalue weighted by Crippen LogP contribution is -2.29. The number of hydrogen-bond acceptors (Lipinski definition) is 2. The molecule has 2 aliphatic carbocycles. The maximum atomic E-state index is 14.4. The van der Waals surface area contributed by atoms with E-state index in [0.29, 0.717) is 25.2 Å². The van der Waals surface area contributed by atoms with Crippen molar-refractivity contribution < 1.29 is 19.1 Å². The van der Waals surface area contributed by atoms with E-state index >= 15 is 0 Å². The first-order chi connectivity index (χ1) is 14.3. The fourth-order valence-corrected chi connectivity index (χ4v) is 4.87. The average molecular weight is 438 g/mol. The Morgan fingerprint density at radius 1 is 1.27 bits per heavy atom. The summed E-state index contributed by atoms with van der Waals surface area (Å²) in [6, 6.07) is 4.55. The van der Waals surface area contributed by atoms with Crippen LogP contribution in [0, 0.1) is 23.1 Å². The van der Waals surface area contributed by atoms with Gasteiger partial charge < -0.3 is 10.4 Å². The van der Waals surface area contributed by atoms with Crippen LogP contribution < -0.4 is 5.32 Å². The minimum Gasteiger partial charge on any atom is -0.481 e. The molecule has 0 spiro atoms. The quantitative estimate of drug-likeness (QED) is 0.407. The number of benzene rings is 1. The molecule has 3 rings (SSSR count). The molecule has 2 aliphatic rings. The summed E-state index contributed by atoms with van der Waals surface area (Å²) in [5.74, 6) is -1.20. The van der Waals surface area contributed by atoms with Crippen molar-refractivity contribution in [2.24, 2.45) is 17.3 Å². The molecule has 1 aromatic carbocycles. The Balaban J connectivity index is 1.68. The Bertz CT molecular complexity index is 759. The van der Waals surface area contributed by atoms with Crippen molar-refractivity contribution in [3.63, 3.8) is 0 Å². The lowest BCUT2D eigenvalue weighted by atomic mass is 9.85. The molecular weight excluding hydrogens is 405 g/mol. The van der Waals surface area contributed by atoms with Crippen molar-refractivity contribution >= 4 is 29.2 Å². The summed E-state index contributed by atoms with van der Waals surface area (Å²) in [7, 11) is 0. The molecule has 2 fully saturated rings. The fourth-order valence-electron chi connectivity index (χ4n) is 4.72. The molecule has 2 saturated carbocycles. The molecule has 4 nitrogen and oxygen atoms in total. The van der Waals surface area contributed by atoms with Crippen LogP contribution in [-0.2, 0) is 16.0 Å². The van der Waals surface area contributed by atoms with Gasteiger partial charge in [-0.15, -0.1) is 11.6 Å². The summed E-state index contributed by atoms with van der Waals surface area (Å²) >= 11 is 6.24. The molecule has 2 N–H and O–H groups in total. The van der Waals surface area contributed by atoms with Gasteiger partial charge in [-0.3, -0.25) is 9.59 Å². The molecule has 30 heavy (non-hydrogen) atoms.